The van der Waals surface area contributed by atoms with Crippen LogP contribution in [0.1, 0.15) is 34.1 Å². The molecule has 0 spiro atoms. The Labute approximate surface area is 106 Å². The van der Waals surface area contributed by atoms with E-state index in [9.17, 15) is 0 Å². The van der Waals surface area contributed by atoms with E-state index in [-0.39, 0.29) is 6.04 Å². The maximum atomic E-state index is 4.51. The van der Waals surface area contributed by atoms with Crippen LogP contribution in [0.25, 0.3) is 0 Å². The van der Waals surface area contributed by atoms with Crippen LogP contribution in [0.2, 0.25) is 0 Å². The van der Waals surface area contributed by atoms with Crippen LogP contribution < -0.4 is 0 Å². The van der Waals surface area contributed by atoms with Gasteiger partial charge in [-0.2, -0.15) is 0 Å². The molecular weight excluding hydrogens is 208 g/mol. The van der Waals surface area contributed by atoms with Gasteiger partial charge in [0.05, 0.1) is 6.04 Å². The van der Waals surface area contributed by atoms with E-state index in [1.54, 1.807) is 0 Å². The average Bonchev–Trinajstić information content (AvgIpc) is 2.21. The lowest BCUT2D eigenvalue weighted by molar-refractivity contribution is 0.457. The summed E-state index contributed by atoms with van der Waals surface area (Å²) in [5.74, 6) is 0. The van der Waals surface area contributed by atoms with E-state index in [1.165, 1.54) is 11.3 Å². The first kappa shape index (κ1) is 15.7. The highest BCUT2D eigenvalue weighted by Crippen LogP contribution is 2.16. The van der Waals surface area contributed by atoms with E-state index >= 15 is 0 Å². The SMILES string of the molecule is C=C(C)/C=C(C)\C=C(\C(CC)N=CC)N(C)C. The van der Waals surface area contributed by atoms with Gasteiger partial charge in [0.1, 0.15) is 0 Å². The normalized spacial score (nSPS) is 15.2. The molecule has 0 aromatic heterocycles. The van der Waals surface area contributed by atoms with Crippen LogP contribution >= 0.6 is 0 Å². The lowest BCUT2D eigenvalue weighted by Crippen LogP contribution is -2.22. The van der Waals surface area contributed by atoms with Crippen LogP contribution in [0, 0.1) is 0 Å². The lowest BCUT2D eigenvalue weighted by Gasteiger charge is -2.23. The molecule has 1 atom stereocenters. The first-order valence-electron chi connectivity index (χ1n) is 6.12. The van der Waals surface area contributed by atoms with Crippen molar-refractivity contribution in [3.05, 3.63) is 35.6 Å². The van der Waals surface area contributed by atoms with Gasteiger partial charge in [-0.1, -0.05) is 25.2 Å². The van der Waals surface area contributed by atoms with Gasteiger partial charge in [-0.15, -0.1) is 0 Å². The molecule has 0 saturated heterocycles. The van der Waals surface area contributed by atoms with Gasteiger partial charge in [0.2, 0.25) is 0 Å². The molecule has 2 nitrogen and oxygen atoms in total. The van der Waals surface area contributed by atoms with Crippen LogP contribution in [0.5, 0.6) is 0 Å². The van der Waals surface area contributed by atoms with Crippen LogP contribution in [0.3, 0.4) is 0 Å². The summed E-state index contributed by atoms with van der Waals surface area (Å²) in [6, 6.07) is 0.239. The zero-order chi connectivity index (χ0) is 13.4. The molecule has 0 aliphatic rings. The second-order valence-corrected chi connectivity index (χ2v) is 4.53. The fourth-order valence-electron chi connectivity index (χ4n) is 1.76. The van der Waals surface area contributed by atoms with Gasteiger partial charge in [0.25, 0.3) is 0 Å². The number of hydrogen-bond acceptors (Lipinski definition) is 2. The first-order chi connectivity index (χ1) is 7.92. The fraction of sp³-hybridized carbons (Fsp3) is 0.533. The molecule has 0 heterocycles. The quantitative estimate of drug-likeness (QED) is 0.504. The Kier molecular flexibility index (Phi) is 7.27. The van der Waals surface area contributed by atoms with E-state index in [1.807, 2.05) is 20.1 Å². The van der Waals surface area contributed by atoms with E-state index in [0.717, 1.165) is 12.0 Å². The molecule has 0 fully saturated rings. The van der Waals surface area contributed by atoms with Gasteiger partial charge in [0.15, 0.2) is 0 Å². The standard InChI is InChI=1S/C15H26N2/c1-8-14(16-9-2)15(17(6)7)11-13(5)10-12(3)4/h9-11,14H,3,8H2,1-2,4-7H3/b13-10-,15-11-,16-9?. The Morgan fingerprint density at radius 2 is 1.88 bits per heavy atom. The van der Waals surface area contributed by atoms with Gasteiger partial charge in [-0.3, -0.25) is 4.99 Å². The number of likely N-dealkylation sites (N-methyl/N-ethyl adjacent to an activating group) is 1. The third-order valence-electron chi connectivity index (χ3n) is 2.42. The maximum absolute atomic E-state index is 4.51. The zero-order valence-electron chi connectivity index (χ0n) is 12.1. The summed E-state index contributed by atoms with van der Waals surface area (Å²) < 4.78 is 0. The van der Waals surface area contributed by atoms with Gasteiger partial charge in [-0.25, -0.2) is 0 Å². The van der Waals surface area contributed by atoms with Gasteiger partial charge < -0.3 is 4.90 Å². The minimum absolute atomic E-state index is 0.239. The molecule has 0 rings (SSSR count). The average molecular weight is 234 g/mol. The smallest absolute Gasteiger partial charge is 0.0889 e. The van der Waals surface area contributed by atoms with Crippen molar-refractivity contribution in [1.29, 1.82) is 0 Å². The summed E-state index contributed by atoms with van der Waals surface area (Å²) in [5, 5.41) is 0. The number of aliphatic imine (C=N–C) groups is 1. The molecular formula is C15H26N2. The minimum Gasteiger partial charge on any atom is -0.379 e. The molecule has 0 N–H and O–H groups in total. The van der Waals surface area contributed by atoms with Gasteiger partial charge in [0, 0.05) is 19.8 Å². The fourth-order valence-corrected chi connectivity index (χ4v) is 1.76. The Balaban J connectivity index is 5.21. The molecule has 0 aliphatic heterocycles. The Hall–Kier alpha value is -1.31. The topological polar surface area (TPSA) is 15.6 Å². The second-order valence-electron chi connectivity index (χ2n) is 4.53. The van der Waals surface area contributed by atoms with Crippen molar-refractivity contribution < 1.29 is 0 Å². The summed E-state index contributed by atoms with van der Waals surface area (Å²) in [6.45, 7) is 12.1. The number of allylic oxidation sites excluding steroid dienone is 4. The van der Waals surface area contributed by atoms with Crippen LogP contribution in [0.15, 0.2) is 40.6 Å². The number of hydrogen-bond donors (Lipinski definition) is 0. The van der Waals surface area contributed by atoms with Crippen LogP contribution in [-0.2, 0) is 0 Å². The summed E-state index contributed by atoms with van der Waals surface area (Å²) >= 11 is 0. The lowest BCUT2D eigenvalue weighted by atomic mass is 10.1. The highest BCUT2D eigenvalue weighted by molar-refractivity contribution is 5.54. The summed E-state index contributed by atoms with van der Waals surface area (Å²) in [6.07, 6.45) is 7.17. The third-order valence-corrected chi connectivity index (χ3v) is 2.42. The molecule has 0 aromatic carbocycles. The number of nitrogens with zero attached hydrogens (tertiary/aromatic N) is 2. The first-order valence-corrected chi connectivity index (χ1v) is 6.12. The Morgan fingerprint density at radius 1 is 1.29 bits per heavy atom. The van der Waals surface area contributed by atoms with Crippen molar-refractivity contribution in [3.8, 4) is 0 Å². The van der Waals surface area contributed by atoms with Crippen molar-refractivity contribution in [2.45, 2.75) is 40.2 Å². The molecule has 1 unspecified atom stereocenters. The molecule has 17 heavy (non-hydrogen) atoms. The highest BCUT2D eigenvalue weighted by atomic mass is 15.1. The molecule has 0 amide bonds. The van der Waals surface area contributed by atoms with E-state index < -0.39 is 0 Å². The third kappa shape index (κ3) is 6.10. The predicted molar refractivity (Wildman–Crippen MR) is 78.6 cm³/mol. The van der Waals surface area contributed by atoms with Crippen molar-refractivity contribution in [1.82, 2.24) is 4.90 Å². The van der Waals surface area contributed by atoms with Gasteiger partial charge in [-0.05, 0) is 45.1 Å². The zero-order valence-corrected chi connectivity index (χ0v) is 12.1. The molecule has 0 radical (unpaired) electrons. The second kappa shape index (κ2) is 7.88. The van der Waals surface area contributed by atoms with Crippen molar-refractivity contribution in [3.63, 3.8) is 0 Å². The molecule has 0 saturated carbocycles. The Bertz CT molecular complexity index is 333. The maximum Gasteiger partial charge on any atom is 0.0889 e. The highest BCUT2D eigenvalue weighted by Gasteiger charge is 2.11. The monoisotopic (exact) mass is 234 g/mol. The van der Waals surface area contributed by atoms with E-state index in [2.05, 4.69) is 56.6 Å². The van der Waals surface area contributed by atoms with Crippen LogP contribution in [0.4, 0.5) is 0 Å². The molecule has 0 bridgehead atoms. The summed E-state index contributed by atoms with van der Waals surface area (Å²) in [5.41, 5.74) is 3.52. The number of rotatable bonds is 6. The predicted octanol–water partition coefficient (Wildman–Crippen LogP) is 3.82. The molecule has 2 heteroatoms. The molecule has 96 valence electrons. The summed E-state index contributed by atoms with van der Waals surface area (Å²) in [7, 11) is 4.13. The van der Waals surface area contributed by atoms with Crippen LogP contribution in [-0.4, -0.2) is 31.3 Å². The largest absolute Gasteiger partial charge is 0.379 e. The van der Waals surface area contributed by atoms with E-state index in [4.69, 9.17) is 0 Å². The minimum atomic E-state index is 0.239. The molecule has 0 aliphatic carbocycles. The molecule has 0 aromatic rings. The van der Waals surface area contributed by atoms with Crippen molar-refractivity contribution in [2.24, 2.45) is 4.99 Å². The van der Waals surface area contributed by atoms with Crippen molar-refractivity contribution in [2.75, 3.05) is 14.1 Å². The van der Waals surface area contributed by atoms with E-state index in [0.29, 0.717) is 0 Å². The summed E-state index contributed by atoms with van der Waals surface area (Å²) in [4.78, 5) is 6.65. The van der Waals surface area contributed by atoms with Gasteiger partial charge >= 0.3 is 0 Å². The van der Waals surface area contributed by atoms with Crippen molar-refractivity contribution >= 4 is 6.21 Å². The Morgan fingerprint density at radius 3 is 2.24 bits per heavy atom.